The highest BCUT2D eigenvalue weighted by molar-refractivity contribution is 6.32. The van der Waals surface area contributed by atoms with Crippen LogP contribution in [0, 0.1) is 12.7 Å². The first kappa shape index (κ1) is 19.2. The Balaban J connectivity index is 1.70. The number of furan rings is 1. The van der Waals surface area contributed by atoms with Crippen LogP contribution in [-0.2, 0) is 6.54 Å². The van der Waals surface area contributed by atoms with Crippen molar-refractivity contribution in [2.45, 2.75) is 32.9 Å². The van der Waals surface area contributed by atoms with E-state index >= 15 is 0 Å². The number of carbonyl (C=O) groups is 1. The molecule has 0 spiro atoms. The van der Waals surface area contributed by atoms with Crippen molar-refractivity contribution in [3.8, 4) is 0 Å². The van der Waals surface area contributed by atoms with Gasteiger partial charge in [0.15, 0.2) is 0 Å². The van der Waals surface area contributed by atoms with Gasteiger partial charge in [-0.15, -0.1) is 0 Å². The Bertz CT molecular complexity index is 1210. The van der Waals surface area contributed by atoms with Gasteiger partial charge in [0.1, 0.15) is 28.7 Å². The molecule has 1 atom stereocenters. The summed E-state index contributed by atoms with van der Waals surface area (Å²) in [6.07, 6.45) is 0.582. The Morgan fingerprint density at radius 1 is 1.21 bits per heavy atom. The Labute approximate surface area is 169 Å². The van der Waals surface area contributed by atoms with Gasteiger partial charge in [0.2, 0.25) is 0 Å². The van der Waals surface area contributed by atoms with Crippen LogP contribution in [0.2, 0.25) is 5.02 Å². The molecular formula is C20H17ClFN3O4. The second-order valence-corrected chi connectivity index (χ2v) is 7.25. The summed E-state index contributed by atoms with van der Waals surface area (Å²) >= 11 is 6.02. The fraction of sp³-hybridized carbons (Fsp3) is 0.250. The fourth-order valence-electron chi connectivity index (χ4n) is 3.43. The molecule has 0 saturated carbocycles. The van der Waals surface area contributed by atoms with Crippen molar-refractivity contribution in [2.75, 3.05) is 10.6 Å². The molecule has 0 unspecified atom stereocenters. The Morgan fingerprint density at radius 3 is 2.59 bits per heavy atom. The van der Waals surface area contributed by atoms with E-state index in [1.165, 1.54) is 0 Å². The molecule has 2 heterocycles. The number of nitrogens with one attached hydrogen (secondary N) is 3. The molecule has 150 valence electrons. The average Bonchev–Trinajstić information content (AvgIpc) is 3.29. The van der Waals surface area contributed by atoms with Crippen LogP contribution in [0.1, 0.15) is 46.8 Å². The van der Waals surface area contributed by atoms with Crippen LogP contribution in [0.25, 0.3) is 0 Å². The Morgan fingerprint density at radius 2 is 1.93 bits per heavy atom. The summed E-state index contributed by atoms with van der Waals surface area (Å²) in [6.45, 7) is 3.86. The molecule has 1 amide bonds. The highest BCUT2D eigenvalue weighted by Crippen LogP contribution is 2.36. The van der Waals surface area contributed by atoms with Crippen molar-refractivity contribution in [1.82, 2.24) is 5.32 Å². The summed E-state index contributed by atoms with van der Waals surface area (Å²) in [6, 6.07) is 4.30. The summed E-state index contributed by atoms with van der Waals surface area (Å²) in [5.41, 5.74) is -1.30. The SMILES string of the molecule is CC[C@@H](Nc1c(Nc2c(F)cc(Cl)c3c2C(=O)NC3)c(=O)c1=O)c1ccc(C)o1. The van der Waals surface area contributed by atoms with Crippen LogP contribution in [0.15, 0.2) is 32.2 Å². The first-order valence-electron chi connectivity index (χ1n) is 9.04. The molecule has 3 aromatic rings. The van der Waals surface area contributed by atoms with E-state index in [1.807, 2.05) is 6.92 Å². The topological polar surface area (TPSA) is 100 Å². The molecule has 2 aromatic carbocycles. The minimum absolute atomic E-state index is 0.0254. The minimum atomic E-state index is -0.793. The van der Waals surface area contributed by atoms with E-state index in [2.05, 4.69) is 16.0 Å². The smallest absolute Gasteiger partial charge is 0.254 e. The molecule has 1 aromatic heterocycles. The molecule has 0 radical (unpaired) electrons. The van der Waals surface area contributed by atoms with E-state index in [0.717, 1.165) is 6.07 Å². The van der Waals surface area contributed by atoms with Crippen LogP contribution in [0.4, 0.5) is 21.5 Å². The normalized spacial score (nSPS) is 14.0. The number of fused-ring (bicyclic) bond motifs is 1. The first-order valence-corrected chi connectivity index (χ1v) is 9.41. The van der Waals surface area contributed by atoms with Crippen molar-refractivity contribution in [2.24, 2.45) is 0 Å². The highest BCUT2D eigenvalue weighted by Gasteiger charge is 2.31. The molecule has 0 bridgehead atoms. The molecule has 7 nitrogen and oxygen atoms in total. The lowest BCUT2D eigenvalue weighted by atomic mass is 10.0. The van der Waals surface area contributed by atoms with E-state index in [9.17, 15) is 18.8 Å². The number of hydrogen-bond acceptors (Lipinski definition) is 6. The summed E-state index contributed by atoms with van der Waals surface area (Å²) in [5, 5.41) is 8.33. The lowest BCUT2D eigenvalue weighted by Gasteiger charge is -2.21. The van der Waals surface area contributed by atoms with Crippen LogP contribution >= 0.6 is 11.6 Å². The van der Waals surface area contributed by atoms with E-state index < -0.39 is 22.6 Å². The van der Waals surface area contributed by atoms with Gasteiger partial charge in [-0.3, -0.25) is 14.4 Å². The third kappa shape index (κ3) is 3.09. The number of rotatable bonds is 6. The third-order valence-corrected chi connectivity index (χ3v) is 5.31. The second-order valence-electron chi connectivity index (χ2n) is 6.84. The van der Waals surface area contributed by atoms with Crippen molar-refractivity contribution < 1.29 is 13.6 Å². The van der Waals surface area contributed by atoms with Crippen molar-refractivity contribution >= 4 is 34.6 Å². The monoisotopic (exact) mass is 417 g/mol. The zero-order valence-corrected chi connectivity index (χ0v) is 16.4. The zero-order valence-electron chi connectivity index (χ0n) is 15.6. The van der Waals surface area contributed by atoms with E-state index in [1.54, 1.807) is 19.1 Å². The van der Waals surface area contributed by atoms with E-state index in [-0.39, 0.29) is 40.2 Å². The molecule has 1 aliphatic heterocycles. The number of anilines is 3. The number of aryl methyl sites for hydroxylation is 1. The molecule has 4 rings (SSSR count). The predicted molar refractivity (Wildman–Crippen MR) is 107 cm³/mol. The predicted octanol–water partition coefficient (Wildman–Crippen LogP) is 3.53. The van der Waals surface area contributed by atoms with Gasteiger partial charge in [0.25, 0.3) is 16.8 Å². The van der Waals surface area contributed by atoms with Crippen molar-refractivity contribution in [3.63, 3.8) is 0 Å². The first-order chi connectivity index (χ1) is 13.8. The maximum atomic E-state index is 14.6. The van der Waals surface area contributed by atoms with Crippen LogP contribution < -0.4 is 26.8 Å². The van der Waals surface area contributed by atoms with Crippen molar-refractivity contribution in [1.29, 1.82) is 0 Å². The molecule has 29 heavy (non-hydrogen) atoms. The van der Waals surface area contributed by atoms with Crippen LogP contribution in [-0.4, -0.2) is 5.91 Å². The summed E-state index contributed by atoms with van der Waals surface area (Å²) in [7, 11) is 0. The highest BCUT2D eigenvalue weighted by atomic mass is 35.5. The number of benzene rings is 1. The maximum absolute atomic E-state index is 14.6. The quantitative estimate of drug-likeness (QED) is 0.530. The van der Waals surface area contributed by atoms with Crippen LogP contribution in [0.5, 0.6) is 0 Å². The number of halogens is 2. The lowest BCUT2D eigenvalue weighted by Crippen LogP contribution is -2.37. The zero-order chi connectivity index (χ0) is 20.9. The molecule has 0 saturated heterocycles. The minimum Gasteiger partial charge on any atom is -0.464 e. The van der Waals surface area contributed by atoms with Gasteiger partial charge in [-0.25, -0.2) is 4.39 Å². The Hall–Kier alpha value is -3.13. The molecule has 1 aliphatic rings. The van der Waals surface area contributed by atoms with Gasteiger partial charge in [0, 0.05) is 17.1 Å². The molecular weight excluding hydrogens is 401 g/mol. The number of carbonyl (C=O) groups excluding carboxylic acids is 1. The lowest BCUT2D eigenvalue weighted by molar-refractivity contribution is 0.0966. The summed E-state index contributed by atoms with van der Waals surface area (Å²) in [4.78, 5) is 36.5. The summed E-state index contributed by atoms with van der Waals surface area (Å²) in [5.74, 6) is 0.0310. The number of hydrogen-bond donors (Lipinski definition) is 3. The van der Waals surface area contributed by atoms with E-state index in [0.29, 0.717) is 23.5 Å². The van der Waals surface area contributed by atoms with Crippen LogP contribution in [0.3, 0.4) is 0 Å². The fourth-order valence-corrected chi connectivity index (χ4v) is 3.68. The van der Waals surface area contributed by atoms with Gasteiger partial charge in [-0.2, -0.15) is 0 Å². The second kappa shape index (κ2) is 7.04. The maximum Gasteiger partial charge on any atom is 0.254 e. The van der Waals surface area contributed by atoms with E-state index in [4.69, 9.17) is 16.0 Å². The standard InChI is InChI=1S/C20H17ClFN3O4/c1-3-12(13-5-4-8(2)29-13)24-16-17(19(27)18(16)26)25-15-11(22)6-10(21)9-7-23-20(28)14(9)15/h4-6,12,24-25H,3,7H2,1-2H3,(H,23,28)/t12-/m1/s1. The summed E-state index contributed by atoms with van der Waals surface area (Å²) < 4.78 is 20.2. The molecule has 3 N–H and O–H groups in total. The average molecular weight is 418 g/mol. The van der Waals surface area contributed by atoms with Gasteiger partial charge < -0.3 is 20.4 Å². The van der Waals surface area contributed by atoms with Crippen molar-refractivity contribution in [3.05, 3.63) is 72.1 Å². The van der Waals surface area contributed by atoms with Gasteiger partial charge in [-0.05, 0) is 31.5 Å². The molecule has 9 heteroatoms. The third-order valence-electron chi connectivity index (χ3n) is 4.98. The largest absolute Gasteiger partial charge is 0.464 e. The van der Waals surface area contributed by atoms with Gasteiger partial charge >= 0.3 is 0 Å². The molecule has 0 aliphatic carbocycles. The van der Waals surface area contributed by atoms with Gasteiger partial charge in [0.05, 0.1) is 17.3 Å². The molecule has 0 fully saturated rings. The Kier molecular flexibility index (Phi) is 4.66. The number of amides is 1. The van der Waals surface area contributed by atoms with Gasteiger partial charge in [-0.1, -0.05) is 18.5 Å².